The summed E-state index contributed by atoms with van der Waals surface area (Å²) in [6, 6.07) is 10.00. The first-order valence-corrected chi connectivity index (χ1v) is 9.10. The molecule has 0 unspecified atom stereocenters. The van der Waals surface area contributed by atoms with Crippen LogP contribution in [0.1, 0.15) is 0 Å². The summed E-state index contributed by atoms with van der Waals surface area (Å²) < 4.78 is 34.2. The van der Waals surface area contributed by atoms with Crippen molar-refractivity contribution in [2.75, 3.05) is 36.5 Å². The lowest BCUT2D eigenvalue weighted by Crippen LogP contribution is -2.36. The fraction of sp³-hybridized carbons (Fsp3) is 0.250. The molecule has 0 bridgehead atoms. The van der Waals surface area contributed by atoms with E-state index in [1.165, 1.54) is 12.1 Å². The molecule has 1 aromatic carbocycles. The summed E-state index contributed by atoms with van der Waals surface area (Å²) in [7, 11) is 0. The van der Waals surface area contributed by atoms with E-state index in [-0.39, 0.29) is 5.75 Å². The highest BCUT2D eigenvalue weighted by atomic mass is 19.3. The second kappa shape index (κ2) is 8.78. The molecule has 0 spiro atoms. The van der Waals surface area contributed by atoms with Crippen LogP contribution < -0.4 is 15.0 Å². The summed E-state index contributed by atoms with van der Waals surface area (Å²) in [5.74, 6) is 0.480. The van der Waals surface area contributed by atoms with E-state index >= 15 is 0 Å². The van der Waals surface area contributed by atoms with Crippen LogP contribution in [0.25, 0.3) is 11.3 Å². The van der Waals surface area contributed by atoms with Gasteiger partial charge in [0.2, 0.25) is 5.95 Å². The minimum Gasteiger partial charge on any atom is -0.435 e. The molecule has 1 saturated heterocycles. The van der Waals surface area contributed by atoms with Gasteiger partial charge in [-0.15, -0.1) is 0 Å². The lowest BCUT2D eigenvalue weighted by atomic mass is 10.2. The molecule has 3 heterocycles. The highest BCUT2D eigenvalue weighted by molar-refractivity contribution is 5.65. The predicted octanol–water partition coefficient (Wildman–Crippen LogP) is 3.72. The van der Waals surface area contributed by atoms with E-state index in [9.17, 15) is 8.78 Å². The minimum absolute atomic E-state index is 0.0891. The van der Waals surface area contributed by atoms with E-state index in [4.69, 9.17) is 4.74 Å². The summed E-state index contributed by atoms with van der Waals surface area (Å²) in [6.45, 7) is 0.204. The van der Waals surface area contributed by atoms with Gasteiger partial charge in [-0.3, -0.25) is 4.98 Å². The molecule has 29 heavy (non-hydrogen) atoms. The molecule has 1 aliphatic rings. The van der Waals surface area contributed by atoms with Crippen molar-refractivity contribution in [2.45, 2.75) is 6.61 Å². The Morgan fingerprint density at radius 2 is 1.86 bits per heavy atom. The summed E-state index contributed by atoms with van der Waals surface area (Å²) in [6.07, 6.45) is 5.24. The molecule has 1 N–H and O–H groups in total. The third-order valence-corrected chi connectivity index (χ3v) is 4.39. The van der Waals surface area contributed by atoms with Crippen molar-refractivity contribution in [2.24, 2.45) is 0 Å². The normalized spacial score (nSPS) is 14.1. The minimum atomic E-state index is -2.85. The number of hydrogen-bond donors (Lipinski definition) is 1. The number of hydrogen-bond acceptors (Lipinski definition) is 7. The van der Waals surface area contributed by atoms with Crippen LogP contribution in [0.5, 0.6) is 5.75 Å². The lowest BCUT2D eigenvalue weighted by Gasteiger charge is -2.28. The largest absolute Gasteiger partial charge is 0.435 e. The number of benzene rings is 1. The van der Waals surface area contributed by atoms with E-state index in [1.54, 1.807) is 24.5 Å². The van der Waals surface area contributed by atoms with Gasteiger partial charge in [-0.2, -0.15) is 8.78 Å². The molecular weight excluding hydrogens is 380 g/mol. The summed E-state index contributed by atoms with van der Waals surface area (Å²) in [5.41, 5.74) is 3.28. The fourth-order valence-electron chi connectivity index (χ4n) is 2.99. The Kier molecular flexibility index (Phi) is 5.76. The van der Waals surface area contributed by atoms with Crippen LogP contribution in [0.4, 0.5) is 26.1 Å². The Bertz CT molecular complexity index is 950. The first-order valence-electron chi connectivity index (χ1n) is 9.10. The van der Waals surface area contributed by atoms with Crippen molar-refractivity contribution >= 4 is 17.3 Å². The van der Waals surface area contributed by atoms with Crippen LogP contribution in [0.15, 0.2) is 55.0 Å². The molecule has 150 valence electrons. The molecule has 9 heteroatoms. The topological polar surface area (TPSA) is 72.4 Å². The first-order chi connectivity index (χ1) is 14.2. The number of nitrogens with one attached hydrogen (secondary N) is 1. The number of rotatable bonds is 6. The first kappa shape index (κ1) is 19.0. The van der Waals surface area contributed by atoms with E-state index in [0.29, 0.717) is 24.8 Å². The molecule has 0 amide bonds. The predicted molar refractivity (Wildman–Crippen MR) is 105 cm³/mol. The SMILES string of the molecule is FC(F)Oc1ccc(Nc2nccc(-c3cncc(N4CCOCC4)c3)n2)cc1. The Labute approximate surface area is 166 Å². The van der Waals surface area contributed by atoms with E-state index in [0.717, 1.165) is 30.0 Å². The number of aromatic nitrogens is 3. The average Bonchev–Trinajstić information content (AvgIpc) is 2.76. The molecule has 4 rings (SSSR count). The van der Waals surface area contributed by atoms with Crippen molar-refractivity contribution in [1.82, 2.24) is 15.0 Å². The van der Waals surface area contributed by atoms with E-state index in [2.05, 4.69) is 29.9 Å². The van der Waals surface area contributed by atoms with Crippen LogP contribution >= 0.6 is 0 Å². The molecular formula is C20H19F2N5O2. The number of alkyl halides is 2. The Morgan fingerprint density at radius 3 is 2.62 bits per heavy atom. The van der Waals surface area contributed by atoms with Crippen LogP contribution in [0, 0.1) is 0 Å². The maximum Gasteiger partial charge on any atom is 0.387 e. The molecule has 0 atom stereocenters. The molecule has 0 aliphatic carbocycles. The summed E-state index contributed by atoms with van der Waals surface area (Å²) in [4.78, 5) is 15.3. The Balaban J connectivity index is 1.50. The number of nitrogens with zero attached hydrogens (tertiary/aromatic N) is 4. The number of halogens is 2. The number of ether oxygens (including phenoxy) is 2. The van der Waals surface area contributed by atoms with Gasteiger partial charge in [0.05, 0.1) is 30.8 Å². The molecule has 0 radical (unpaired) electrons. The van der Waals surface area contributed by atoms with Gasteiger partial charge in [0, 0.05) is 36.7 Å². The van der Waals surface area contributed by atoms with Crippen LogP contribution in [-0.4, -0.2) is 47.9 Å². The summed E-state index contributed by atoms with van der Waals surface area (Å²) in [5, 5.41) is 3.06. The van der Waals surface area contributed by atoms with Crippen molar-refractivity contribution in [3.63, 3.8) is 0 Å². The maximum absolute atomic E-state index is 12.2. The van der Waals surface area contributed by atoms with E-state index < -0.39 is 6.61 Å². The van der Waals surface area contributed by atoms with Gasteiger partial charge < -0.3 is 19.7 Å². The highest BCUT2D eigenvalue weighted by Crippen LogP contribution is 2.24. The molecule has 0 saturated carbocycles. The Hall–Kier alpha value is -3.33. The quantitative estimate of drug-likeness (QED) is 0.677. The maximum atomic E-state index is 12.2. The highest BCUT2D eigenvalue weighted by Gasteiger charge is 2.13. The van der Waals surface area contributed by atoms with Gasteiger partial charge in [0.15, 0.2) is 0 Å². The Morgan fingerprint density at radius 1 is 1.07 bits per heavy atom. The van der Waals surface area contributed by atoms with Crippen LogP contribution in [0.2, 0.25) is 0 Å². The second-order valence-electron chi connectivity index (χ2n) is 6.32. The van der Waals surface area contributed by atoms with Gasteiger partial charge in [-0.1, -0.05) is 0 Å². The third-order valence-electron chi connectivity index (χ3n) is 4.39. The van der Waals surface area contributed by atoms with Crippen molar-refractivity contribution in [3.8, 4) is 17.0 Å². The average molecular weight is 399 g/mol. The zero-order chi connectivity index (χ0) is 20.1. The standard InChI is InChI=1S/C20H19F2N5O2/c21-19(22)29-17-3-1-15(2-4-17)25-20-24-6-5-18(26-20)14-11-16(13-23-12-14)27-7-9-28-10-8-27/h1-6,11-13,19H,7-10H2,(H,24,25,26). The molecule has 2 aromatic heterocycles. The molecule has 3 aromatic rings. The van der Waals surface area contributed by atoms with Gasteiger partial charge in [0.25, 0.3) is 0 Å². The molecule has 7 nitrogen and oxygen atoms in total. The summed E-state index contributed by atoms with van der Waals surface area (Å²) >= 11 is 0. The van der Waals surface area contributed by atoms with Crippen molar-refractivity contribution in [3.05, 3.63) is 55.0 Å². The lowest BCUT2D eigenvalue weighted by molar-refractivity contribution is -0.0498. The van der Waals surface area contributed by atoms with Crippen LogP contribution in [-0.2, 0) is 4.74 Å². The van der Waals surface area contributed by atoms with Crippen molar-refractivity contribution < 1.29 is 18.3 Å². The smallest absolute Gasteiger partial charge is 0.387 e. The monoisotopic (exact) mass is 399 g/mol. The number of pyridine rings is 1. The second-order valence-corrected chi connectivity index (χ2v) is 6.32. The van der Waals surface area contributed by atoms with Crippen LogP contribution in [0.3, 0.4) is 0 Å². The van der Waals surface area contributed by atoms with Crippen molar-refractivity contribution in [1.29, 1.82) is 0 Å². The molecule has 1 aliphatic heterocycles. The van der Waals surface area contributed by atoms with Gasteiger partial charge in [-0.25, -0.2) is 9.97 Å². The third kappa shape index (κ3) is 4.94. The van der Waals surface area contributed by atoms with Gasteiger partial charge >= 0.3 is 6.61 Å². The fourth-order valence-corrected chi connectivity index (χ4v) is 2.99. The number of morpholine rings is 1. The zero-order valence-corrected chi connectivity index (χ0v) is 15.5. The van der Waals surface area contributed by atoms with Gasteiger partial charge in [0.1, 0.15) is 5.75 Å². The van der Waals surface area contributed by atoms with E-state index in [1.807, 2.05) is 18.3 Å². The molecule has 1 fully saturated rings. The number of anilines is 3. The van der Waals surface area contributed by atoms with Gasteiger partial charge in [-0.05, 0) is 36.4 Å². The zero-order valence-electron chi connectivity index (χ0n) is 15.5.